The van der Waals surface area contributed by atoms with Crippen LogP contribution < -0.4 is 10.6 Å². The number of aliphatic imine (C=N–C) groups is 1. The fraction of sp³-hybridized carbons (Fsp3) is 0.353. The van der Waals surface area contributed by atoms with Crippen molar-refractivity contribution in [3.63, 3.8) is 0 Å². The van der Waals surface area contributed by atoms with E-state index in [4.69, 9.17) is 0 Å². The second-order valence-corrected chi connectivity index (χ2v) is 6.67. The summed E-state index contributed by atoms with van der Waals surface area (Å²) in [4.78, 5) is 4.59. The van der Waals surface area contributed by atoms with Gasteiger partial charge in [0.05, 0.1) is 6.54 Å². The molecule has 1 aromatic heterocycles. The number of halogens is 2. The van der Waals surface area contributed by atoms with E-state index in [1.54, 1.807) is 29.2 Å². The van der Waals surface area contributed by atoms with Crippen LogP contribution in [0.2, 0.25) is 0 Å². The molecule has 1 aromatic carbocycles. The first kappa shape index (κ1) is 21.2. The number of nitrogens with zero attached hydrogens (tertiary/aromatic N) is 1. The molecule has 3 nitrogen and oxygen atoms in total. The van der Waals surface area contributed by atoms with Gasteiger partial charge in [-0.05, 0) is 58.8 Å². The van der Waals surface area contributed by atoms with Crippen molar-refractivity contribution >= 4 is 53.0 Å². The van der Waals surface area contributed by atoms with Gasteiger partial charge in [-0.15, -0.1) is 24.0 Å². The second-order valence-electron chi connectivity index (χ2n) is 5.03. The minimum absolute atomic E-state index is 0. The number of rotatable bonds is 7. The predicted octanol–water partition coefficient (Wildman–Crippen LogP) is 4.62. The lowest BCUT2D eigenvalue weighted by Gasteiger charge is -2.14. The van der Waals surface area contributed by atoms with Crippen LogP contribution in [0.25, 0.3) is 0 Å². The monoisotopic (exact) mass is 479 g/mol. The van der Waals surface area contributed by atoms with Gasteiger partial charge in [0.2, 0.25) is 0 Å². The van der Waals surface area contributed by atoms with E-state index >= 15 is 0 Å². The van der Waals surface area contributed by atoms with Gasteiger partial charge in [-0.3, -0.25) is 0 Å². The molecular formula is C17H23FIN3S2. The maximum Gasteiger partial charge on any atom is 0.191 e. The van der Waals surface area contributed by atoms with Crippen LogP contribution in [0.15, 0.2) is 40.0 Å². The lowest BCUT2D eigenvalue weighted by Crippen LogP contribution is -2.37. The topological polar surface area (TPSA) is 36.4 Å². The third-order valence-electron chi connectivity index (χ3n) is 3.26. The molecule has 0 aliphatic carbocycles. The molecule has 0 bridgehead atoms. The Balaban J connectivity index is 0.00000288. The maximum atomic E-state index is 13.4. The van der Waals surface area contributed by atoms with E-state index in [1.807, 2.05) is 19.2 Å². The molecular weight excluding hydrogens is 456 g/mol. The Labute approximate surface area is 168 Å². The lowest BCUT2D eigenvalue weighted by molar-refractivity contribution is 0.625. The largest absolute Gasteiger partial charge is 0.357 e. The van der Waals surface area contributed by atoms with Gasteiger partial charge in [-0.2, -0.15) is 23.1 Å². The molecule has 0 amide bonds. The molecule has 0 unspecified atom stereocenters. The van der Waals surface area contributed by atoms with Gasteiger partial charge in [-0.1, -0.05) is 6.07 Å². The van der Waals surface area contributed by atoms with E-state index < -0.39 is 0 Å². The van der Waals surface area contributed by atoms with Crippen molar-refractivity contribution in [2.45, 2.75) is 25.8 Å². The smallest absolute Gasteiger partial charge is 0.191 e. The molecule has 0 atom stereocenters. The van der Waals surface area contributed by atoms with Crippen molar-refractivity contribution in [3.8, 4) is 0 Å². The Bertz CT molecular complexity index is 633. The molecule has 0 spiro atoms. The van der Waals surface area contributed by atoms with E-state index in [1.165, 1.54) is 11.6 Å². The third kappa shape index (κ3) is 6.98. The Morgan fingerprint density at radius 3 is 2.75 bits per heavy atom. The van der Waals surface area contributed by atoms with Gasteiger partial charge >= 0.3 is 0 Å². The van der Waals surface area contributed by atoms with Crippen molar-refractivity contribution in [1.29, 1.82) is 0 Å². The fourth-order valence-corrected chi connectivity index (χ4v) is 3.37. The average molecular weight is 479 g/mol. The van der Waals surface area contributed by atoms with Gasteiger partial charge in [0.15, 0.2) is 5.96 Å². The van der Waals surface area contributed by atoms with Crippen molar-refractivity contribution in [2.75, 3.05) is 12.8 Å². The number of thiophene rings is 1. The van der Waals surface area contributed by atoms with Crippen LogP contribution in [0.4, 0.5) is 4.39 Å². The van der Waals surface area contributed by atoms with Crippen LogP contribution in [0.3, 0.4) is 0 Å². The molecule has 7 heteroatoms. The van der Waals surface area contributed by atoms with Crippen LogP contribution in [0.1, 0.15) is 23.6 Å². The van der Waals surface area contributed by atoms with Crippen molar-refractivity contribution in [1.82, 2.24) is 10.6 Å². The molecule has 0 radical (unpaired) electrons. The predicted molar refractivity (Wildman–Crippen MR) is 115 cm³/mol. The first-order valence-corrected chi connectivity index (χ1v) is 9.86. The van der Waals surface area contributed by atoms with Crippen LogP contribution >= 0.6 is 47.1 Å². The zero-order valence-electron chi connectivity index (χ0n) is 13.8. The second kappa shape index (κ2) is 11.7. The van der Waals surface area contributed by atoms with Gasteiger partial charge in [0.25, 0.3) is 0 Å². The van der Waals surface area contributed by atoms with Crippen LogP contribution in [0.5, 0.6) is 0 Å². The van der Waals surface area contributed by atoms with E-state index in [9.17, 15) is 4.39 Å². The van der Waals surface area contributed by atoms with Crippen LogP contribution in [-0.4, -0.2) is 18.8 Å². The summed E-state index contributed by atoms with van der Waals surface area (Å²) < 4.78 is 13.4. The average Bonchev–Trinajstić information content (AvgIpc) is 3.05. The highest BCUT2D eigenvalue weighted by atomic mass is 127. The summed E-state index contributed by atoms with van der Waals surface area (Å²) in [5, 5.41) is 10.7. The number of hydrogen-bond donors (Lipinski definition) is 2. The van der Waals surface area contributed by atoms with Crippen LogP contribution in [0, 0.1) is 5.82 Å². The first-order valence-electron chi connectivity index (χ1n) is 7.52. The molecule has 2 N–H and O–H groups in total. The van der Waals surface area contributed by atoms with Gasteiger partial charge in [0, 0.05) is 18.8 Å². The van der Waals surface area contributed by atoms with Crippen molar-refractivity contribution in [2.24, 2.45) is 4.99 Å². The quantitative estimate of drug-likeness (QED) is 0.346. The Hall–Kier alpha value is -0.800. The fourth-order valence-electron chi connectivity index (χ4n) is 2.13. The van der Waals surface area contributed by atoms with Gasteiger partial charge in [0.1, 0.15) is 5.82 Å². The zero-order valence-corrected chi connectivity index (χ0v) is 17.8. The highest BCUT2D eigenvalue weighted by Crippen LogP contribution is 2.16. The Morgan fingerprint density at radius 1 is 1.25 bits per heavy atom. The highest BCUT2D eigenvalue weighted by molar-refractivity contribution is 14.0. The minimum atomic E-state index is -0.184. The summed E-state index contributed by atoms with van der Waals surface area (Å²) >= 11 is 3.37. The minimum Gasteiger partial charge on any atom is -0.357 e. The normalized spacial score (nSPS) is 11.0. The molecule has 132 valence electrons. The molecule has 0 fully saturated rings. The van der Waals surface area contributed by atoms with E-state index in [0.29, 0.717) is 13.1 Å². The van der Waals surface area contributed by atoms with Gasteiger partial charge in [-0.25, -0.2) is 9.38 Å². The zero-order chi connectivity index (χ0) is 16.5. The molecule has 0 aliphatic rings. The third-order valence-corrected chi connectivity index (χ3v) is 4.59. The SMILES string of the molecule is CCNC(=NCc1ccsc1)NCc1ccc(F)cc1CSC.I. The molecule has 2 rings (SSSR count). The number of nitrogens with one attached hydrogen (secondary N) is 2. The number of benzene rings is 1. The maximum absolute atomic E-state index is 13.4. The summed E-state index contributed by atoms with van der Waals surface area (Å²) in [6.07, 6.45) is 2.02. The van der Waals surface area contributed by atoms with E-state index in [-0.39, 0.29) is 29.8 Å². The number of hydrogen-bond acceptors (Lipinski definition) is 3. The Morgan fingerprint density at radius 2 is 2.08 bits per heavy atom. The molecule has 24 heavy (non-hydrogen) atoms. The summed E-state index contributed by atoms with van der Waals surface area (Å²) in [6, 6.07) is 7.05. The molecule has 1 heterocycles. The number of guanidine groups is 1. The van der Waals surface area contributed by atoms with Crippen molar-refractivity contribution < 1.29 is 4.39 Å². The first-order chi connectivity index (χ1) is 11.2. The summed E-state index contributed by atoms with van der Waals surface area (Å²) in [7, 11) is 0. The lowest BCUT2D eigenvalue weighted by atomic mass is 10.1. The van der Waals surface area contributed by atoms with Crippen molar-refractivity contribution in [3.05, 3.63) is 57.5 Å². The standard InChI is InChI=1S/C17H22FN3S2.HI/c1-3-19-17(20-9-13-6-7-23-11-13)21-10-14-4-5-16(18)8-15(14)12-22-2;/h4-8,11H,3,9-10,12H2,1-2H3,(H2,19,20,21);1H. The number of thioether (sulfide) groups is 1. The Kier molecular flexibility index (Phi) is 10.4. The summed E-state index contributed by atoms with van der Waals surface area (Å²) in [5.41, 5.74) is 3.33. The van der Waals surface area contributed by atoms with E-state index in [2.05, 4.69) is 32.5 Å². The molecule has 0 saturated carbocycles. The van der Waals surface area contributed by atoms with Crippen LogP contribution in [-0.2, 0) is 18.8 Å². The summed E-state index contributed by atoms with van der Waals surface area (Å²) in [6.45, 7) is 4.13. The highest BCUT2D eigenvalue weighted by Gasteiger charge is 2.05. The molecule has 2 aromatic rings. The molecule has 0 saturated heterocycles. The summed E-state index contributed by atoms with van der Waals surface area (Å²) in [5.74, 6) is 1.39. The van der Waals surface area contributed by atoms with Gasteiger partial charge < -0.3 is 10.6 Å². The molecule has 0 aliphatic heterocycles. The van der Waals surface area contributed by atoms with E-state index in [0.717, 1.165) is 29.4 Å².